The molecular formula is C41H62N6O8. The zero-order valence-corrected chi connectivity index (χ0v) is 34.2. The average molecular weight is 767 g/mol. The van der Waals surface area contributed by atoms with E-state index in [1.165, 1.54) is 4.90 Å². The van der Waals surface area contributed by atoms with Crippen LogP contribution >= 0.6 is 0 Å². The normalized spacial score (nSPS) is 22.2. The predicted molar refractivity (Wildman–Crippen MR) is 206 cm³/mol. The highest BCUT2D eigenvalue weighted by Crippen LogP contribution is 2.51. The van der Waals surface area contributed by atoms with Crippen LogP contribution in [0.25, 0.3) is 0 Å². The number of fused-ring (bicyclic) bond motifs is 1. The second kappa shape index (κ2) is 17.1. The highest BCUT2D eigenvalue weighted by atomic mass is 16.6. The van der Waals surface area contributed by atoms with Crippen LogP contribution in [0, 0.1) is 28.6 Å². The summed E-state index contributed by atoms with van der Waals surface area (Å²) in [5.74, 6) is -3.97. The Balaban J connectivity index is 1.52. The standard InChI is InChI=1S/C41H62N6O8/c1-39(2,3)33(45-38(54)55-40(4,5)6)37(53)47-23-26-20-41(7,8)21-27(26)31(47)34(50)43-28(19-24-15-14-16-24)32(49)35(51)42-22-29(48)44-30(36(52)46(9)10)25-17-12-11-13-18-25/h11-13,17-18,24,26-28,30-31,33H,14-16,19-23H2,1-10H3,(H,42,51)(H,43,50)(H,44,48)(H,45,54)/t26-,27-,28?,30?,31?,33+/m0/s1. The summed E-state index contributed by atoms with van der Waals surface area (Å²) >= 11 is 0. The maximum atomic E-state index is 14.5. The smallest absolute Gasteiger partial charge is 0.408 e. The summed E-state index contributed by atoms with van der Waals surface area (Å²) < 4.78 is 5.48. The van der Waals surface area contributed by atoms with Gasteiger partial charge >= 0.3 is 6.09 Å². The van der Waals surface area contributed by atoms with Gasteiger partial charge in [-0.05, 0) is 74.2 Å². The Bertz CT molecular complexity index is 1610. The van der Waals surface area contributed by atoms with E-state index in [0.29, 0.717) is 18.5 Å². The number of hydrogen-bond acceptors (Lipinski definition) is 8. The number of amides is 6. The fourth-order valence-electron chi connectivity index (χ4n) is 8.08. The fourth-order valence-corrected chi connectivity index (χ4v) is 8.08. The van der Waals surface area contributed by atoms with Crippen LogP contribution < -0.4 is 21.3 Å². The van der Waals surface area contributed by atoms with E-state index in [4.69, 9.17) is 4.74 Å². The average Bonchev–Trinajstić information content (AvgIpc) is 3.55. The summed E-state index contributed by atoms with van der Waals surface area (Å²) in [7, 11) is 3.14. The SMILES string of the molecule is CN(C)C(=O)C(NC(=O)CNC(=O)C(=O)C(CC1CCC1)NC(=O)C1[C@H]2CC(C)(C)C[C@H]2CN1C(=O)[C@@H](NC(=O)OC(C)(C)C)C(C)(C)C)c1ccccc1. The zero-order chi connectivity index (χ0) is 41.0. The molecule has 304 valence electrons. The number of carbonyl (C=O) groups is 7. The van der Waals surface area contributed by atoms with Gasteiger partial charge in [-0.1, -0.05) is 84.2 Å². The molecule has 0 radical (unpaired) electrons. The number of Topliss-reactive ketones (excluding diaryl/α,β-unsaturated/α-hetero) is 1. The zero-order valence-electron chi connectivity index (χ0n) is 34.2. The number of nitrogens with one attached hydrogen (secondary N) is 4. The van der Waals surface area contributed by atoms with Crippen molar-refractivity contribution >= 4 is 41.4 Å². The Labute approximate surface area is 325 Å². The number of ether oxygens (including phenoxy) is 1. The maximum absolute atomic E-state index is 14.5. The quantitative estimate of drug-likeness (QED) is 0.220. The van der Waals surface area contributed by atoms with Crippen LogP contribution in [0.5, 0.6) is 0 Å². The van der Waals surface area contributed by atoms with Gasteiger partial charge in [-0.25, -0.2) is 4.79 Å². The minimum absolute atomic E-state index is 0.0264. The van der Waals surface area contributed by atoms with E-state index >= 15 is 0 Å². The Morgan fingerprint density at radius 1 is 0.909 bits per heavy atom. The fraction of sp³-hybridized carbons (Fsp3) is 0.683. The first-order valence-corrected chi connectivity index (χ1v) is 19.5. The summed E-state index contributed by atoms with van der Waals surface area (Å²) in [6, 6.07) is 4.56. The van der Waals surface area contributed by atoms with E-state index in [9.17, 15) is 33.6 Å². The number of hydrogen-bond donors (Lipinski definition) is 4. The molecule has 0 bridgehead atoms. The largest absolute Gasteiger partial charge is 0.444 e. The molecule has 55 heavy (non-hydrogen) atoms. The molecule has 3 aliphatic rings. The van der Waals surface area contributed by atoms with Gasteiger partial charge in [-0.2, -0.15) is 0 Å². The van der Waals surface area contributed by atoms with Crippen LogP contribution in [0.4, 0.5) is 4.79 Å². The molecule has 14 nitrogen and oxygen atoms in total. The van der Waals surface area contributed by atoms with Crippen molar-refractivity contribution in [3.05, 3.63) is 35.9 Å². The summed E-state index contributed by atoms with van der Waals surface area (Å²) in [6.07, 6.45) is 3.64. The van der Waals surface area contributed by atoms with Crippen LogP contribution in [-0.4, -0.2) is 102 Å². The number of likely N-dealkylation sites (tertiary alicyclic amines) is 1. The molecule has 4 rings (SSSR count). The van der Waals surface area contributed by atoms with Crippen LogP contribution in [0.15, 0.2) is 30.3 Å². The monoisotopic (exact) mass is 766 g/mol. The topological polar surface area (TPSA) is 183 Å². The molecule has 0 aromatic heterocycles. The molecule has 4 N–H and O–H groups in total. The van der Waals surface area contributed by atoms with E-state index in [0.717, 1.165) is 25.7 Å². The molecule has 1 saturated heterocycles. The van der Waals surface area contributed by atoms with Crippen LogP contribution in [0.3, 0.4) is 0 Å². The van der Waals surface area contributed by atoms with Crippen molar-refractivity contribution in [3.63, 3.8) is 0 Å². The van der Waals surface area contributed by atoms with Gasteiger partial charge in [-0.15, -0.1) is 0 Å². The Hall–Kier alpha value is -4.49. The van der Waals surface area contributed by atoms with E-state index in [1.54, 1.807) is 70.1 Å². The lowest BCUT2D eigenvalue weighted by Crippen LogP contribution is -2.60. The number of rotatable bonds is 13. The molecular weight excluding hydrogens is 704 g/mol. The molecule has 3 unspecified atom stereocenters. The third-order valence-corrected chi connectivity index (χ3v) is 10.9. The molecule has 3 fully saturated rings. The lowest BCUT2D eigenvalue weighted by atomic mass is 9.80. The first-order chi connectivity index (χ1) is 25.5. The maximum Gasteiger partial charge on any atom is 0.408 e. The molecule has 6 amide bonds. The third kappa shape index (κ3) is 11.3. The Morgan fingerprint density at radius 2 is 1.55 bits per heavy atom. The second-order valence-electron chi connectivity index (χ2n) is 18.7. The predicted octanol–water partition coefficient (Wildman–Crippen LogP) is 3.50. The van der Waals surface area contributed by atoms with E-state index < -0.39 is 77.2 Å². The van der Waals surface area contributed by atoms with Gasteiger partial charge in [0.2, 0.25) is 29.4 Å². The summed E-state index contributed by atoms with van der Waals surface area (Å²) in [6.45, 7) is 14.7. The minimum atomic E-state index is -1.18. The van der Waals surface area contributed by atoms with Crippen molar-refractivity contribution in [3.8, 4) is 0 Å². The van der Waals surface area contributed by atoms with Crippen LogP contribution in [0.2, 0.25) is 0 Å². The van der Waals surface area contributed by atoms with Gasteiger partial charge in [0, 0.05) is 20.6 Å². The van der Waals surface area contributed by atoms with Crippen molar-refractivity contribution < 1.29 is 38.3 Å². The van der Waals surface area contributed by atoms with Crippen molar-refractivity contribution in [2.24, 2.45) is 28.6 Å². The Kier molecular flexibility index (Phi) is 13.5. The highest BCUT2D eigenvalue weighted by molar-refractivity contribution is 6.38. The van der Waals surface area contributed by atoms with E-state index in [-0.39, 0.29) is 35.5 Å². The molecule has 2 aliphatic carbocycles. The second-order valence-corrected chi connectivity index (χ2v) is 18.7. The highest BCUT2D eigenvalue weighted by Gasteiger charge is 2.56. The van der Waals surface area contributed by atoms with Crippen LogP contribution in [0.1, 0.15) is 106 Å². The Morgan fingerprint density at radius 3 is 2.09 bits per heavy atom. The molecule has 2 saturated carbocycles. The number of alkyl carbamates (subject to hydrolysis) is 1. The molecule has 1 aromatic rings. The van der Waals surface area contributed by atoms with Crippen molar-refractivity contribution in [1.82, 2.24) is 31.1 Å². The molecule has 14 heteroatoms. The van der Waals surface area contributed by atoms with Crippen LogP contribution in [-0.2, 0) is 33.5 Å². The van der Waals surface area contributed by atoms with Gasteiger partial charge < -0.3 is 35.8 Å². The first kappa shape index (κ1) is 43.2. The lowest BCUT2D eigenvalue weighted by molar-refractivity contribution is -0.145. The van der Waals surface area contributed by atoms with Gasteiger partial charge in [0.15, 0.2) is 0 Å². The van der Waals surface area contributed by atoms with Crippen molar-refractivity contribution in [2.45, 2.75) is 124 Å². The summed E-state index contributed by atoms with van der Waals surface area (Å²) in [5.41, 5.74) is -1.04. The lowest BCUT2D eigenvalue weighted by Gasteiger charge is -2.37. The third-order valence-electron chi connectivity index (χ3n) is 10.9. The summed E-state index contributed by atoms with van der Waals surface area (Å²) in [4.78, 5) is 97.7. The van der Waals surface area contributed by atoms with Crippen molar-refractivity contribution in [1.29, 1.82) is 0 Å². The molecule has 1 aliphatic heterocycles. The van der Waals surface area contributed by atoms with Gasteiger partial charge in [0.1, 0.15) is 23.7 Å². The van der Waals surface area contributed by atoms with E-state index in [1.807, 2.05) is 20.8 Å². The van der Waals surface area contributed by atoms with E-state index in [2.05, 4.69) is 35.1 Å². The summed E-state index contributed by atoms with van der Waals surface area (Å²) in [5, 5.41) is 10.7. The number of ketones is 1. The number of benzene rings is 1. The molecule has 1 heterocycles. The first-order valence-electron chi connectivity index (χ1n) is 19.5. The van der Waals surface area contributed by atoms with Gasteiger partial charge in [0.05, 0.1) is 12.6 Å². The molecule has 6 atom stereocenters. The number of carbonyl (C=O) groups excluding carboxylic acids is 7. The van der Waals surface area contributed by atoms with Gasteiger partial charge in [-0.3, -0.25) is 28.8 Å². The molecule has 0 spiro atoms. The number of nitrogens with zero attached hydrogens (tertiary/aromatic N) is 2. The van der Waals surface area contributed by atoms with Crippen molar-refractivity contribution in [2.75, 3.05) is 27.2 Å². The number of likely N-dealkylation sites (N-methyl/N-ethyl adjacent to an activating group) is 1. The molecule has 1 aromatic carbocycles. The van der Waals surface area contributed by atoms with Gasteiger partial charge in [0.25, 0.3) is 5.91 Å². The minimum Gasteiger partial charge on any atom is -0.444 e.